The summed E-state index contributed by atoms with van der Waals surface area (Å²) < 4.78 is 0. The Morgan fingerprint density at radius 3 is 1.42 bits per heavy atom. The molecule has 0 saturated carbocycles. The van der Waals surface area contributed by atoms with E-state index in [1.54, 1.807) is 0 Å². The second kappa shape index (κ2) is 14.0. The van der Waals surface area contributed by atoms with Crippen LogP contribution in [-0.2, 0) is 0 Å². The molecule has 0 aromatic heterocycles. The van der Waals surface area contributed by atoms with Gasteiger partial charge in [0.25, 0.3) is 0 Å². The number of benzene rings is 10. The topological polar surface area (TPSA) is 3.24 Å². The average Bonchev–Trinajstić information content (AvgIpc) is 3.27. The molecule has 0 unspecified atom stereocenters. The maximum Gasteiger partial charge on any atom is 0.0546 e. The molecule has 1 nitrogen and oxygen atoms in total. The minimum Gasteiger partial charge on any atom is -0.310 e. The Bertz CT molecular complexity index is 2940. The quantitative estimate of drug-likeness (QED) is 0.150. The van der Waals surface area contributed by atoms with E-state index in [2.05, 4.69) is 229 Å². The molecule has 0 spiro atoms. The number of anilines is 3. The van der Waals surface area contributed by atoms with Gasteiger partial charge in [-0.3, -0.25) is 0 Å². The average molecular weight is 700 g/mol. The summed E-state index contributed by atoms with van der Waals surface area (Å²) in [7, 11) is 0. The second-order valence-corrected chi connectivity index (χ2v) is 14.1. The predicted molar refractivity (Wildman–Crippen MR) is 235 cm³/mol. The Hall–Kier alpha value is -7.22. The third-order valence-electron chi connectivity index (χ3n) is 10.9. The maximum absolute atomic E-state index is 2.41. The summed E-state index contributed by atoms with van der Waals surface area (Å²) in [6.07, 6.45) is 0. The van der Waals surface area contributed by atoms with Gasteiger partial charge in [0.05, 0.1) is 5.69 Å². The summed E-state index contributed by atoms with van der Waals surface area (Å²) in [6, 6.07) is 81.4. The van der Waals surface area contributed by atoms with Gasteiger partial charge in [-0.05, 0) is 108 Å². The summed E-state index contributed by atoms with van der Waals surface area (Å²) in [6.45, 7) is 0. The van der Waals surface area contributed by atoms with E-state index in [0.717, 1.165) is 17.1 Å². The van der Waals surface area contributed by atoms with Gasteiger partial charge in [0.1, 0.15) is 0 Å². The van der Waals surface area contributed by atoms with E-state index in [-0.39, 0.29) is 0 Å². The van der Waals surface area contributed by atoms with Gasteiger partial charge >= 0.3 is 0 Å². The van der Waals surface area contributed by atoms with Crippen molar-refractivity contribution in [2.24, 2.45) is 0 Å². The van der Waals surface area contributed by atoms with E-state index in [9.17, 15) is 0 Å². The zero-order valence-corrected chi connectivity index (χ0v) is 30.3. The zero-order chi connectivity index (χ0) is 36.6. The van der Waals surface area contributed by atoms with Crippen LogP contribution in [0.2, 0.25) is 0 Å². The van der Waals surface area contributed by atoms with Crippen molar-refractivity contribution in [2.45, 2.75) is 0 Å². The van der Waals surface area contributed by atoms with E-state index in [0.29, 0.717) is 0 Å². The fourth-order valence-electron chi connectivity index (χ4n) is 8.16. The van der Waals surface area contributed by atoms with E-state index in [4.69, 9.17) is 0 Å². The molecule has 10 aromatic rings. The number of nitrogens with zero attached hydrogens (tertiary/aromatic N) is 1. The highest BCUT2D eigenvalue weighted by molar-refractivity contribution is 6.14. The predicted octanol–water partition coefficient (Wildman–Crippen LogP) is 15.3. The van der Waals surface area contributed by atoms with Crippen LogP contribution in [0.4, 0.5) is 17.1 Å². The standard InChI is InChI=1S/C54H37N/c1-3-14-38(15-4-1)39-26-31-45(32-27-39)55(54-37-44-19-8-10-22-48(44)50-23-11-12-24-52(50)54)46-33-28-40(29-34-46)43-30-35-51(53(36-43)42-16-5-2-6-17-42)49-25-13-20-41-18-7-9-21-47(41)49/h1-37H. The van der Waals surface area contributed by atoms with Crippen LogP contribution < -0.4 is 4.90 Å². The number of hydrogen-bond acceptors (Lipinski definition) is 1. The second-order valence-electron chi connectivity index (χ2n) is 14.1. The van der Waals surface area contributed by atoms with Gasteiger partial charge in [0.2, 0.25) is 0 Å². The first-order chi connectivity index (χ1) is 27.3. The van der Waals surface area contributed by atoms with Crippen molar-refractivity contribution in [3.63, 3.8) is 0 Å². The molecular weight excluding hydrogens is 663 g/mol. The van der Waals surface area contributed by atoms with Crippen molar-refractivity contribution in [3.05, 3.63) is 224 Å². The lowest BCUT2D eigenvalue weighted by molar-refractivity contribution is 1.30. The Kier molecular flexibility index (Phi) is 8.24. The molecule has 0 heterocycles. The Morgan fingerprint density at radius 2 is 0.727 bits per heavy atom. The van der Waals surface area contributed by atoms with Crippen LogP contribution in [0.25, 0.3) is 76.8 Å². The molecule has 0 fully saturated rings. The van der Waals surface area contributed by atoms with Crippen LogP contribution in [0.3, 0.4) is 0 Å². The summed E-state index contributed by atoms with van der Waals surface area (Å²) >= 11 is 0. The van der Waals surface area contributed by atoms with Gasteiger partial charge in [-0.1, -0.05) is 188 Å². The number of fused-ring (bicyclic) bond motifs is 4. The highest BCUT2D eigenvalue weighted by atomic mass is 15.1. The van der Waals surface area contributed by atoms with Crippen LogP contribution in [-0.4, -0.2) is 0 Å². The summed E-state index contributed by atoms with van der Waals surface area (Å²) in [4.78, 5) is 2.41. The zero-order valence-electron chi connectivity index (χ0n) is 30.3. The van der Waals surface area contributed by atoms with Gasteiger partial charge in [0, 0.05) is 16.8 Å². The molecule has 10 aromatic carbocycles. The summed E-state index contributed by atoms with van der Waals surface area (Å²) in [5, 5.41) is 7.46. The fourth-order valence-corrected chi connectivity index (χ4v) is 8.16. The molecule has 0 aliphatic carbocycles. The minimum atomic E-state index is 1.10. The van der Waals surface area contributed by atoms with Crippen LogP contribution >= 0.6 is 0 Å². The molecule has 10 rings (SSSR count). The lowest BCUT2D eigenvalue weighted by Crippen LogP contribution is -2.10. The normalized spacial score (nSPS) is 11.3. The van der Waals surface area contributed by atoms with E-state index in [1.807, 2.05) is 0 Å². The fraction of sp³-hybridized carbons (Fsp3) is 0. The molecule has 0 amide bonds. The third kappa shape index (κ3) is 6.02. The van der Waals surface area contributed by atoms with Gasteiger partial charge in [0.15, 0.2) is 0 Å². The molecular formula is C54H37N. The van der Waals surface area contributed by atoms with Crippen molar-refractivity contribution in [1.82, 2.24) is 0 Å². The molecule has 0 radical (unpaired) electrons. The molecule has 0 saturated heterocycles. The smallest absolute Gasteiger partial charge is 0.0546 e. The van der Waals surface area contributed by atoms with E-state index < -0.39 is 0 Å². The van der Waals surface area contributed by atoms with Crippen LogP contribution in [0.5, 0.6) is 0 Å². The molecule has 55 heavy (non-hydrogen) atoms. The van der Waals surface area contributed by atoms with Crippen molar-refractivity contribution in [2.75, 3.05) is 4.90 Å². The molecule has 1 heteroatoms. The first-order valence-corrected chi connectivity index (χ1v) is 18.9. The summed E-state index contributed by atoms with van der Waals surface area (Å²) in [5.41, 5.74) is 13.0. The van der Waals surface area contributed by atoms with Crippen molar-refractivity contribution in [3.8, 4) is 44.5 Å². The Labute approximate surface area is 322 Å². The van der Waals surface area contributed by atoms with Gasteiger partial charge in [-0.2, -0.15) is 0 Å². The first-order valence-electron chi connectivity index (χ1n) is 18.9. The van der Waals surface area contributed by atoms with Crippen LogP contribution in [0.15, 0.2) is 224 Å². The molecule has 0 atom stereocenters. The Balaban J connectivity index is 1.10. The molecule has 0 aliphatic rings. The number of rotatable bonds is 7. The first kappa shape index (κ1) is 32.4. The molecule has 0 bridgehead atoms. The van der Waals surface area contributed by atoms with Gasteiger partial charge < -0.3 is 4.90 Å². The monoisotopic (exact) mass is 699 g/mol. The van der Waals surface area contributed by atoms with Crippen molar-refractivity contribution in [1.29, 1.82) is 0 Å². The maximum atomic E-state index is 2.41. The highest BCUT2D eigenvalue weighted by Crippen LogP contribution is 2.44. The lowest BCUT2D eigenvalue weighted by atomic mass is 9.89. The number of hydrogen-bond donors (Lipinski definition) is 0. The Morgan fingerprint density at radius 1 is 0.236 bits per heavy atom. The van der Waals surface area contributed by atoms with Crippen LogP contribution in [0, 0.1) is 0 Å². The molecule has 0 N–H and O–H groups in total. The van der Waals surface area contributed by atoms with E-state index >= 15 is 0 Å². The minimum absolute atomic E-state index is 1.10. The third-order valence-corrected chi connectivity index (χ3v) is 10.9. The van der Waals surface area contributed by atoms with Crippen LogP contribution in [0.1, 0.15) is 0 Å². The van der Waals surface area contributed by atoms with Crippen molar-refractivity contribution < 1.29 is 0 Å². The highest BCUT2D eigenvalue weighted by Gasteiger charge is 2.18. The molecule has 258 valence electrons. The summed E-state index contributed by atoms with van der Waals surface area (Å²) in [5.74, 6) is 0. The van der Waals surface area contributed by atoms with Gasteiger partial charge in [-0.25, -0.2) is 0 Å². The molecule has 0 aliphatic heterocycles. The van der Waals surface area contributed by atoms with Crippen molar-refractivity contribution >= 4 is 49.4 Å². The van der Waals surface area contributed by atoms with Gasteiger partial charge in [-0.15, -0.1) is 0 Å². The SMILES string of the molecule is c1ccc(-c2ccc(N(c3ccc(-c4ccc(-c5cccc6ccccc56)c(-c5ccccc5)c4)cc3)c3cc4ccccc4c4ccccc34)cc2)cc1. The van der Waals surface area contributed by atoms with E-state index in [1.165, 1.54) is 76.8 Å². The lowest BCUT2D eigenvalue weighted by Gasteiger charge is -2.28. The largest absolute Gasteiger partial charge is 0.310 e.